The highest BCUT2D eigenvalue weighted by Gasteiger charge is 2.12. The van der Waals surface area contributed by atoms with Crippen molar-refractivity contribution < 1.29 is 9.53 Å². The van der Waals surface area contributed by atoms with Gasteiger partial charge in [-0.3, -0.25) is 4.79 Å². The van der Waals surface area contributed by atoms with Crippen LogP contribution in [0.2, 0.25) is 5.02 Å². The van der Waals surface area contributed by atoms with Gasteiger partial charge in [-0.25, -0.2) is 4.79 Å². The maximum atomic E-state index is 11.2. The van der Waals surface area contributed by atoms with Gasteiger partial charge < -0.3 is 9.72 Å². The average molecular weight is 202 g/mol. The Morgan fingerprint density at radius 1 is 1.69 bits per heavy atom. The summed E-state index contributed by atoms with van der Waals surface area (Å²) in [6.07, 6.45) is 1.35. The van der Waals surface area contributed by atoms with Gasteiger partial charge in [0.2, 0.25) is 0 Å². The highest BCUT2D eigenvalue weighted by atomic mass is 35.5. The van der Waals surface area contributed by atoms with Crippen molar-refractivity contribution in [1.82, 2.24) is 4.98 Å². The van der Waals surface area contributed by atoms with Gasteiger partial charge in [-0.1, -0.05) is 11.6 Å². The van der Waals surface area contributed by atoms with Crippen LogP contribution in [-0.2, 0) is 4.74 Å². The summed E-state index contributed by atoms with van der Waals surface area (Å²) in [5.41, 5.74) is -0.403. The molecule has 0 aliphatic carbocycles. The van der Waals surface area contributed by atoms with Crippen LogP contribution in [0.3, 0.4) is 0 Å². The first-order chi connectivity index (χ1) is 6.16. The van der Waals surface area contributed by atoms with Crippen LogP contribution in [0.4, 0.5) is 0 Å². The number of H-pyrrole nitrogens is 1. The molecule has 1 N–H and O–H groups in total. The van der Waals surface area contributed by atoms with E-state index in [1.54, 1.807) is 6.92 Å². The van der Waals surface area contributed by atoms with Crippen LogP contribution in [0.5, 0.6) is 0 Å². The van der Waals surface area contributed by atoms with Crippen molar-refractivity contribution in [2.75, 3.05) is 6.61 Å². The van der Waals surface area contributed by atoms with Crippen LogP contribution < -0.4 is 5.56 Å². The molecule has 0 aliphatic rings. The molecule has 1 aromatic heterocycles. The summed E-state index contributed by atoms with van der Waals surface area (Å²) in [7, 11) is 0. The molecule has 0 saturated carbocycles. The van der Waals surface area contributed by atoms with E-state index in [9.17, 15) is 9.59 Å². The molecule has 0 unspecified atom stereocenters. The molecule has 0 spiro atoms. The van der Waals surface area contributed by atoms with Gasteiger partial charge >= 0.3 is 5.97 Å². The van der Waals surface area contributed by atoms with Gasteiger partial charge in [0.15, 0.2) is 0 Å². The number of carbonyl (C=O) groups is 1. The molecule has 1 heterocycles. The van der Waals surface area contributed by atoms with E-state index in [0.717, 1.165) is 0 Å². The van der Waals surface area contributed by atoms with Crippen molar-refractivity contribution in [3.63, 3.8) is 0 Å². The minimum atomic E-state index is -0.585. The monoisotopic (exact) mass is 201 g/mol. The summed E-state index contributed by atoms with van der Waals surface area (Å²) in [6, 6.07) is 1.40. The van der Waals surface area contributed by atoms with E-state index in [1.807, 2.05) is 0 Å². The lowest BCUT2D eigenvalue weighted by Crippen LogP contribution is -2.13. The number of ether oxygens (including phenoxy) is 1. The van der Waals surface area contributed by atoms with E-state index in [-0.39, 0.29) is 17.2 Å². The second-order valence-corrected chi connectivity index (χ2v) is 2.63. The van der Waals surface area contributed by atoms with E-state index in [0.29, 0.717) is 0 Å². The van der Waals surface area contributed by atoms with E-state index < -0.39 is 11.5 Å². The molecular formula is C8H8ClNO3. The third-order valence-corrected chi connectivity index (χ3v) is 1.77. The number of carbonyl (C=O) groups excluding carboxylic acids is 1. The van der Waals surface area contributed by atoms with Crippen LogP contribution in [0.1, 0.15) is 17.3 Å². The summed E-state index contributed by atoms with van der Waals surface area (Å²) in [4.78, 5) is 24.5. The number of esters is 1. The molecular weight excluding hydrogens is 194 g/mol. The second kappa shape index (κ2) is 4.09. The van der Waals surface area contributed by atoms with Gasteiger partial charge in [-0.2, -0.15) is 0 Å². The van der Waals surface area contributed by atoms with E-state index in [2.05, 4.69) is 9.72 Å². The van der Waals surface area contributed by atoms with Crippen LogP contribution in [0.25, 0.3) is 0 Å². The van der Waals surface area contributed by atoms with E-state index in [1.165, 1.54) is 12.3 Å². The molecule has 0 radical (unpaired) electrons. The summed E-state index contributed by atoms with van der Waals surface area (Å²) in [5, 5.41) is -0.138. The van der Waals surface area contributed by atoms with E-state index in [4.69, 9.17) is 11.6 Å². The third-order valence-electron chi connectivity index (χ3n) is 1.40. The summed E-state index contributed by atoms with van der Waals surface area (Å²) in [6.45, 7) is 1.93. The zero-order chi connectivity index (χ0) is 9.84. The zero-order valence-electron chi connectivity index (χ0n) is 6.96. The molecule has 5 heteroatoms. The molecule has 0 aliphatic heterocycles. The number of aromatic nitrogens is 1. The minimum absolute atomic E-state index is 0.0901. The number of halogens is 1. The quantitative estimate of drug-likeness (QED) is 0.732. The fourth-order valence-electron chi connectivity index (χ4n) is 0.826. The highest BCUT2D eigenvalue weighted by molar-refractivity contribution is 6.33. The van der Waals surface area contributed by atoms with Gasteiger partial charge in [-0.05, 0) is 13.0 Å². The van der Waals surface area contributed by atoms with Crippen molar-refractivity contribution in [3.05, 3.63) is 33.2 Å². The molecule has 0 bridgehead atoms. The predicted octanol–water partition coefficient (Wildman–Crippen LogP) is 1.20. The van der Waals surface area contributed by atoms with Crippen molar-refractivity contribution in [2.45, 2.75) is 6.92 Å². The van der Waals surface area contributed by atoms with E-state index >= 15 is 0 Å². The smallest absolute Gasteiger partial charge is 0.339 e. The van der Waals surface area contributed by atoms with Gasteiger partial charge in [0.1, 0.15) is 5.02 Å². The first kappa shape index (κ1) is 9.80. The molecule has 4 nitrogen and oxygen atoms in total. The summed E-state index contributed by atoms with van der Waals surface area (Å²) in [5.74, 6) is -0.585. The van der Waals surface area contributed by atoms with Crippen molar-refractivity contribution in [3.8, 4) is 0 Å². The van der Waals surface area contributed by atoms with Gasteiger partial charge in [-0.15, -0.1) is 0 Å². The number of hydrogen-bond donors (Lipinski definition) is 1. The molecule has 0 atom stereocenters. The Labute approximate surface area is 79.5 Å². The fraction of sp³-hybridized carbons (Fsp3) is 0.250. The van der Waals surface area contributed by atoms with Crippen molar-refractivity contribution in [1.29, 1.82) is 0 Å². The maximum Gasteiger partial charge on any atom is 0.339 e. The first-order valence-corrected chi connectivity index (χ1v) is 4.09. The van der Waals surface area contributed by atoms with Crippen molar-refractivity contribution >= 4 is 17.6 Å². The van der Waals surface area contributed by atoms with Crippen LogP contribution in [0, 0.1) is 0 Å². The van der Waals surface area contributed by atoms with Gasteiger partial charge in [0.25, 0.3) is 5.56 Å². The van der Waals surface area contributed by atoms with Crippen molar-refractivity contribution in [2.24, 2.45) is 0 Å². The molecule has 1 rings (SSSR count). The Morgan fingerprint density at radius 3 is 3.00 bits per heavy atom. The summed E-state index contributed by atoms with van der Waals surface area (Å²) < 4.78 is 4.69. The zero-order valence-corrected chi connectivity index (χ0v) is 7.72. The Hall–Kier alpha value is -1.29. The lowest BCUT2D eigenvalue weighted by molar-refractivity contribution is 0.0526. The highest BCUT2D eigenvalue weighted by Crippen LogP contribution is 2.10. The second-order valence-electron chi connectivity index (χ2n) is 2.25. The SMILES string of the molecule is CCOC(=O)c1cc[nH]c(=O)c1Cl. The van der Waals surface area contributed by atoms with Crippen LogP contribution >= 0.6 is 11.6 Å². The molecule has 0 aromatic carbocycles. The van der Waals surface area contributed by atoms with Gasteiger partial charge in [0.05, 0.1) is 12.2 Å². The fourth-order valence-corrected chi connectivity index (χ4v) is 1.02. The van der Waals surface area contributed by atoms with Crippen LogP contribution in [-0.4, -0.2) is 17.6 Å². The number of nitrogens with one attached hydrogen (secondary N) is 1. The maximum absolute atomic E-state index is 11.2. The topological polar surface area (TPSA) is 59.2 Å². The standard InChI is InChI=1S/C8H8ClNO3/c1-2-13-8(12)5-3-4-10-7(11)6(5)9/h3-4H,2H2,1H3,(H,10,11). The van der Waals surface area contributed by atoms with Crippen LogP contribution in [0.15, 0.2) is 17.1 Å². The number of aromatic amines is 1. The largest absolute Gasteiger partial charge is 0.462 e. The Kier molecular flexibility index (Phi) is 3.08. The molecule has 13 heavy (non-hydrogen) atoms. The molecule has 1 aromatic rings. The van der Waals surface area contributed by atoms with Gasteiger partial charge in [0, 0.05) is 6.20 Å². The summed E-state index contributed by atoms with van der Waals surface area (Å²) >= 11 is 5.58. The lowest BCUT2D eigenvalue weighted by atomic mass is 10.3. The number of rotatable bonds is 2. The Balaban J connectivity index is 3.08. The molecule has 0 fully saturated rings. The average Bonchev–Trinajstić information content (AvgIpc) is 2.10. The first-order valence-electron chi connectivity index (χ1n) is 3.71. The molecule has 0 amide bonds. The molecule has 70 valence electrons. The lowest BCUT2D eigenvalue weighted by Gasteiger charge is -2.01. The Morgan fingerprint density at radius 2 is 2.38 bits per heavy atom. The minimum Gasteiger partial charge on any atom is -0.462 e. The third kappa shape index (κ3) is 2.09. The Bertz CT molecular complexity index is 372. The predicted molar refractivity (Wildman–Crippen MR) is 48.0 cm³/mol. The number of hydrogen-bond acceptors (Lipinski definition) is 3. The normalized spacial score (nSPS) is 9.69. The molecule has 0 saturated heterocycles. The number of pyridine rings is 1.